The maximum absolute atomic E-state index is 13.1. The van der Waals surface area contributed by atoms with Gasteiger partial charge in [0.05, 0.1) is 25.0 Å². The normalized spacial score (nSPS) is 21.0. The molecule has 0 aliphatic carbocycles. The van der Waals surface area contributed by atoms with Gasteiger partial charge in [-0.2, -0.15) is 0 Å². The van der Waals surface area contributed by atoms with Crippen LogP contribution in [-0.4, -0.2) is 56.0 Å². The first kappa shape index (κ1) is 22.2. The Kier molecular flexibility index (Phi) is 7.35. The van der Waals surface area contributed by atoms with Crippen LogP contribution in [0.3, 0.4) is 0 Å². The van der Waals surface area contributed by atoms with E-state index >= 15 is 0 Å². The van der Waals surface area contributed by atoms with Crippen molar-refractivity contribution in [3.8, 4) is 0 Å². The molecular weight excluding hydrogens is 402 g/mol. The molecule has 2 heterocycles. The van der Waals surface area contributed by atoms with Crippen molar-refractivity contribution in [2.24, 2.45) is 5.16 Å². The van der Waals surface area contributed by atoms with E-state index in [0.717, 1.165) is 61.7 Å². The predicted octanol–water partition coefficient (Wildman–Crippen LogP) is 4.12. The van der Waals surface area contributed by atoms with Crippen molar-refractivity contribution in [3.63, 3.8) is 0 Å². The second-order valence-corrected chi connectivity index (χ2v) is 8.25. The van der Waals surface area contributed by atoms with E-state index in [9.17, 15) is 4.79 Å². The van der Waals surface area contributed by atoms with Crippen molar-refractivity contribution in [3.05, 3.63) is 77.4 Å². The largest absolute Gasteiger partial charge is 0.396 e. The second-order valence-electron chi connectivity index (χ2n) is 8.25. The van der Waals surface area contributed by atoms with E-state index in [4.69, 9.17) is 9.57 Å². The molecule has 0 saturated carbocycles. The maximum Gasteiger partial charge on any atom is 0.257 e. The Morgan fingerprint density at radius 1 is 1.12 bits per heavy atom. The fourth-order valence-corrected chi connectivity index (χ4v) is 4.21. The zero-order valence-corrected chi connectivity index (χ0v) is 18.9. The third-order valence-corrected chi connectivity index (χ3v) is 5.90. The molecule has 6 nitrogen and oxygen atoms in total. The predicted molar refractivity (Wildman–Crippen MR) is 127 cm³/mol. The number of ether oxygens (including phenoxy) is 1. The molecule has 4 rings (SSSR count). The third-order valence-electron chi connectivity index (χ3n) is 5.90. The first-order chi connectivity index (χ1) is 15.6. The van der Waals surface area contributed by atoms with Crippen molar-refractivity contribution in [1.29, 1.82) is 0 Å². The van der Waals surface area contributed by atoms with Gasteiger partial charge in [-0.25, -0.2) is 0 Å². The molecule has 0 aromatic heterocycles. The number of benzene rings is 2. The number of amides is 1. The summed E-state index contributed by atoms with van der Waals surface area (Å²) in [5, 5.41) is 4.23. The van der Waals surface area contributed by atoms with Crippen LogP contribution in [0.25, 0.3) is 0 Å². The van der Waals surface area contributed by atoms with E-state index in [1.165, 1.54) is 0 Å². The standard InChI is InChI=1S/C26H31N3O3/c1-20-9-6-7-12-24(20)29-25(22-10-4-3-5-11-22)23(26(29)30)19-21(2)27-32-16-8-13-28-14-17-31-18-15-28/h3-7,9-12,19,25H,8,13-18H2,1-2H3. The lowest BCUT2D eigenvalue weighted by atomic mass is 9.86. The number of morpholine rings is 1. The first-order valence-corrected chi connectivity index (χ1v) is 11.3. The van der Waals surface area contributed by atoms with E-state index in [0.29, 0.717) is 12.3 Å². The van der Waals surface area contributed by atoms with Crippen molar-refractivity contribution in [1.82, 2.24) is 4.90 Å². The molecule has 0 N–H and O–H groups in total. The minimum Gasteiger partial charge on any atom is -0.396 e. The minimum absolute atomic E-state index is 0.00928. The topological polar surface area (TPSA) is 54.4 Å². The van der Waals surface area contributed by atoms with Crippen molar-refractivity contribution < 1.29 is 14.4 Å². The number of β-lactam (4-membered cyclic amide) rings is 1. The molecule has 1 atom stereocenters. The number of nitrogens with zero attached hydrogens (tertiary/aromatic N) is 3. The van der Waals surface area contributed by atoms with Gasteiger partial charge in [-0.15, -0.1) is 0 Å². The number of aryl methyl sites for hydroxylation is 1. The lowest BCUT2D eigenvalue weighted by Gasteiger charge is -2.43. The highest BCUT2D eigenvalue weighted by Crippen LogP contribution is 2.44. The van der Waals surface area contributed by atoms with Crippen LogP contribution in [0.15, 0.2) is 71.4 Å². The fourth-order valence-electron chi connectivity index (χ4n) is 4.21. The average molecular weight is 434 g/mol. The van der Waals surface area contributed by atoms with Gasteiger partial charge in [-0.05, 0) is 43.5 Å². The van der Waals surface area contributed by atoms with Gasteiger partial charge in [0.25, 0.3) is 5.91 Å². The lowest BCUT2D eigenvalue weighted by Crippen LogP contribution is -2.49. The van der Waals surface area contributed by atoms with Crippen LogP contribution in [0.5, 0.6) is 0 Å². The van der Waals surface area contributed by atoms with Crippen molar-refractivity contribution >= 4 is 17.3 Å². The van der Waals surface area contributed by atoms with Crippen molar-refractivity contribution in [2.45, 2.75) is 26.3 Å². The SMILES string of the molecule is CC(C=C1C(=O)N(c2ccccc2C)C1c1ccccc1)=NOCCCN1CCOCC1. The Balaban J connectivity index is 1.43. The molecular formula is C26H31N3O3. The summed E-state index contributed by atoms with van der Waals surface area (Å²) in [5.74, 6) is 0.00928. The highest BCUT2D eigenvalue weighted by atomic mass is 16.6. The summed E-state index contributed by atoms with van der Waals surface area (Å²) in [4.78, 5) is 22.9. The van der Waals surface area contributed by atoms with E-state index in [2.05, 4.69) is 22.2 Å². The van der Waals surface area contributed by atoms with E-state index in [1.54, 1.807) is 0 Å². The minimum atomic E-state index is -0.128. The molecule has 0 radical (unpaired) electrons. The summed E-state index contributed by atoms with van der Waals surface area (Å²) >= 11 is 0. The van der Waals surface area contributed by atoms with Crippen LogP contribution >= 0.6 is 0 Å². The molecule has 2 saturated heterocycles. The summed E-state index contributed by atoms with van der Waals surface area (Å²) < 4.78 is 5.37. The number of hydrogen-bond acceptors (Lipinski definition) is 5. The van der Waals surface area contributed by atoms with E-state index in [1.807, 2.05) is 67.3 Å². The summed E-state index contributed by atoms with van der Waals surface area (Å²) in [6.07, 6.45) is 2.77. The number of anilines is 1. The van der Waals surface area contributed by atoms with E-state index in [-0.39, 0.29) is 11.9 Å². The number of carbonyl (C=O) groups is 1. The molecule has 1 amide bonds. The quantitative estimate of drug-likeness (QED) is 0.207. The average Bonchev–Trinajstić information content (AvgIpc) is 2.82. The first-order valence-electron chi connectivity index (χ1n) is 11.3. The van der Waals surface area contributed by atoms with Gasteiger partial charge in [0.15, 0.2) is 0 Å². The molecule has 2 aromatic rings. The van der Waals surface area contributed by atoms with Crippen LogP contribution in [0.4, 0.5) is 5.69 Å². The Morgan fingerprint density at radius 3 is 2.59 bits per heavy atom. The number of allylic oxidation sites excluding steroid dienone is 1. The zero-order chi connectivity index (χ0) is 22.3. The van der Waals surface area contributed by atoms with Crippen LogP contribution in [0, 0.1) is 6.92 Å². The van der Waals surface area contributed by atoms with Gasteiger partial charge >= 0.3 is 0 Å². The highest BCUT2D eigenvalue weighted by molar-refractivity contribution is 6.18. The summed E-state index contributed by atoms with van der Waals surface area (Å²) in [6.45, 7) is 9.03. The van der Waals surface area contributed by atoms with Gasteiger partial charge in [0.1, 0.15) is 6.61 Å². The van der Waals surface area contributed by atoms with Gasteiger partial charge in [0, 0.05) is 30.9 Å². The molecule has 32 heavy (non-hydrogen) atoms. The Bertz CT molecular complexity index is 981. The second kappa shape index (κ2) is 10.6. The zero-order valence-electron chi connectivity index (χ0n) is 18.9. The number of para-hydroxylation sites is 1. The Morgan fingerprint density at radius 2 is 1.84 bits per heavy atom. The number of hydrogen-bond donors (Lipinski definition) is 0. The van der Waals surface area contributed by atoms with Crippen LogP contribution < -0.4 is 4.90 Å². The van der Waals surface area contributed by atoms with Crippen molar-refractivity contribution in [2.75, 3.05) is 44.4 Å². The molecule has 0 spiro atoms. The summed E-state index contributed by atoms with van der Waals surface area (Å²) in [5.41, 5.74) is 4.54. The number of rotatable bonds is 8. The van der Waals surface area contributed by atoms with Crippen LogP contribution in [0.2, 0.25) is 0 Å². The molecule has 2 aliphatic rings. The molecule has 6 heteroatoms. The summed E-state index contributed by atoms with van der Waals surface area (Å²) in [7, 11) is 0. The van der Waals surface area contributed by atoms with Crippen LogP contribution in [0.1, 0.15) is 30.5 Å². The molecule has 168 valence electrons. The fraction of sp³-hybridized carbons (Fsp3) is 0.385. The molecule has 2 aliphatic heterocycles. The third kappa shape index (κ3) is 5.09. The number of carbonyl (C=O) groups excluding carboxylic acids is 1. The lowest BCUT2D eigenvalue weighted by molar-refractivity contribution is -0.119. The Hall–Kier alpha value is -2.96. The van der Waals surface area contributed by atoms with Gasteiger partial charge in [-0.1, -0.05) is 53.7 Å². The van der Waals surface area contributed by atoms with Gasteiger partial charge < -0.3 is 9.57 Å². The molecule has 0 bridgehead atoms. The monoisotopic (exact) mass is 433 g/mol. The molecule has 2 fully saturated rings. The molecule has 2 aromatic carbocycles. The summed E-state index contributed by atoms with van der Waals surface area (Å²) in [6, 6.07) is 18.0. The van der Waals surface area contributed by atoms with E-state index < -0.39 is 0 Å². The smallest absolute Gasteiger partial charge is 0.257 e. The van der Waals surface area contributed by atoms with Crippen LogP contribution in [-0.2, 0) is 14.4 Å². The molecule has 1 unspecified atom stereocenters. The Labute approximate surface area is 190 Å². The maximum atomic E-state index is 13.1. The number of oxime groups is 1. The highest BCUT2D eigenvalue weighted by Gasteiger charge is 2.44. The van der Waals surface area contributed by atoms with Gasteiger partial charge in [-0.3, -0.25) is 14.6 Å². The van der Waals surface area contributed by atoms with Gasteiger partial charge in [0.2, 0.25) is 0 Å².